The van der Waals surface area contributed by atoms with Gasteiger partial charge in [-0.2, -0.15) is 5.10 Å². The highest BCUT2D eigenvalue weighted by molar-refractivity contribution is 7.07. The standard InChI is InChI=1S/C37H43F2N9O3S/c1-23(49)46-16-10-32-29(20-46)36(47-11-2-3-25-17-27(31-21-52-22-40-31)28(35(38)39)18-33(25)47)43-48(32)26-8-12-44(13-9-26)19-24-6-14-45(15-7-24)34-5-4-30(37(50)51)41-42-34/h4-5,17-18,21-22,24,26,35H,2-3,6-16,19-20H2,1H3,(H,50,51). The lowest BCUT2D eigenvalue weighted by atomic mass is 9.93. The maximum atomic E-state index is 14.5. The highest BCUT2D eigenvalue weighted by atomic mass is 32.1. The van der Waals surface area contributed by atoms with Crippen molar-refractivity contribution in [1.82, 2.24) is 34.8 Å². The first-order chi connectivity index (χ1) is 25.2. The fraction of sp³-hybridized carbons (Fsp3) is 0.514. The quantitative estimate of drug-likeness (QED) is 0.232. The number of piperidine rings is 2. The lowest BCUT2D eigenvalue weighted by molar-refractivity contribution is -0.129. The molecule has 1 amide bonds. The zero-order chi connectivity index (χ0) is 35.9. The summed E-state index contributed by atoms with van der Waals surface area (Å²) in [4.78, 5) is 36.8. The maximum absolute atomic E-state index is 14.5. The molecule has 1 N–H and O–H groups in total. The Morgan fingerprint density at radius 1 is 1.00 bits per heavy atom. The third-order valence-corrected chi connectivity index (χ3v) is 11.9. The van der Waals surface area contributed by atoms with Gasteiger partial charge in [0.25, 0.3) is 6.43 Å². The van der Waals surface area contributed by atoms with Crippen molar-refractivity contribution in [3.8, 4) is 11.3 Å². The number of alkyl halides is 2. The van der Waals surface area contributed by atoms with E-state index >= 15 is 0 Å². The summed E-state index contributed by atoms with van der Waals surface area (Å²) >= 11 is 1.40. The van der Waals surface area contributed by atoms with Crippen molar-refractivity contribution >= 4 is 40.5 Å². The molecule has 0 saturated carbocycles. The normalized spacial score (nSPS) is 18.9. The molecule has 52 heavy (non-hydrogen) atoms. The number of hydrogen-bond donors (Lipinski definition) is 1. The predicted octanol–water partition coefficient (Wildman–Crippen LogP) is 5.97. The number of hydrogen-bond acceptors (Lipinski definition) is 10. The number of thiazole rings is 1. The number of anilines is 3. The minimum absolute atomic E-state index is 0.0173. The second-order valence-corrected chi connectivity index (χ2v) is 15.1. The summed E-state index contributed by atoms with van der Waals surface area (Å²) < 4.78 is 31.3. The molecule has 2 fully saturated rings. The number of carbonyl (C=O) groups excluding carboxylic acids is 1. The SMILES string of the molecule is CC(=O)N1CCc2c(c(N3CCCc4cc(-c5cscn5)c(C(F)F)cc43)nn2C2CCN(CC3CCN(c4ccc(C(=O)O)nn4)CC3)CC2)C1. The molecule has 3 aromatic heterocycles. The number of rotatable bonds is 8. The van der Waals surface area contributed by atoms with Crippen LogP contribution in [-0.4, -0.2) is 97.6 Å². The number of carboxylic acid groups (broad SMARTS) is 1. The molecule has 0 bridgehead atoms. The van der Waals surface area contributed by atoms with Crippen molar-refractivity contribution < 1.29 is 23.5 Å². The van der Waals surface area contributed by atoms with Crippen LogP contribution in [0.5, 0.6) is 0 Å². The van der Waals surface area contributed by atoms with Gasteiger partial charge in [-0.05, 0) is 74.3 Å². The topological polar surface area (TPSA) is 124 Å². The third-order valence-electron chi connectivity index (χ3n) is 11.3. The van der Waals surface area contributed by atoms with Gasteiger partial charge in [0.15, 0.2) is 17.3 Å². The summed E-state index contributed by atoms with van der Waals surface area (Å²) in [5, 5.41) is 24.2. The van der Waals surface area contributed by atoms with Crippen molar-refractivity contribution in [2.75, 3.05) is 55.6 Å². The predicted molar refractivity (Wildman–Crippen MR) is 193 cm³/mol. The Morgan fingerprint density at radius 2 is 1.81 bits per heavy atom. The van der Waals surface area contributed by atoms with E-state index in [2.05, 4.69) is 34.6 Å². The van der Waals surface area contributed by atoms with Crippen LogP contribution in [-0.2, 0) is 24.2 Å². The molecule has 8 rings (SSSR count). The molecule has 4 aliphatic heterocycles. The number of aromatic nitrogens is 5. The number of aryl methyl sites for hydroxylation is 1. The van der Waals surface area contributed by atoms with E-state index < -0.39 is 12.4 Å². The maximum Gasteiger partial charge on any atom is 0.356 e. The van der Waals surface area contributed by atoms with E-state index in [1.165, 1.54) is 17.4 Å². The van der Waals surface area contributed by atoms with E-state index in [1.807, 2.05) is 16.3 Å². The molecule has 0 atom stereocenters. The van der Waals surface area contributed by atoms with Crippen LogP contribution in [0, 0.1) is 5.92 Å². The van der Waals surface area contributed by atoms with Crippen molar-refractivity contribution in [3.63, 3.8) is 0 Å². The Kier molecular flexibility index (Phi) is 9.64. The van der Waals surface area contributed by atoms with Crippen LogP contribution in [0.4, 0.5) is 26.1 Å². The summed E-state index contributed by atoms with van der Waals surface area (Å²) in [6, 6.07) is 7.02. The molecule has 1 aromatic carbocycles. The number of benzene rings is 1. The largest absolute Gasteiger partial charge is 0.476 e. The number of amides is 1. The fourth-order valence-corrected chi connectivity index (χ4v) is 9.05. The summed E-state index contributed by atoms with van der Waals surface area (Å²) in [6.45, 7) is 8.11. The number of carboxylic acids is 1. The molecule has 274 valence electrons. The van der Waals surface area contributed by atoms with Crippen LogP contribution in [0.1, 0.15) is 84.4 Å². The first kappa shape index (κ1) is 34.6. The smallest absolute Gasteiger partial charge is 0.356 e. The molecule has 0 unspecified atom stereocenters. The van der Waals surface area contributed by atoms with Gasteiger partial charge in [-0.1, -0.05) is 0 Å². The van der Waals surface area contributed by atoms with Crippen LogP contribution >= 0.6 is 11.3 Å². The van der Waals surface area contributed by atoms with Crippen LogP contribution in [0.15, 0.2) is 35.2 Å². The van der Waals surface area contributed by atoms with Gasteiger partial charge < -0.3 is 24.7 Å². The van der Waals surface area contributed by atoms with Gasteiger partial charge in [-0.25, -0.2) is 18.6 Å². The lowest BCUT2D eigenvalue weighted by Crippen LogP contribution is -2.42. The molecular formula is C37H43F2N9O3S. The Hall–Kier alpha value is -4.50. The van der Waals surface area contributed by atoms with E-state index in [0.29, 0.717) is 36.8 Å². The van der Waals surface area contributed by atoms with Crippen molar-refractivity contribution in [1.29, 1.82) is 0 Å². The van der Waals surface area contributed by atoms with Gasteiger partial charge in [-0.15, -0.1) is 21.5 Å². The van der Waals surface area contributed by atoms with Crippen LogP contribution in [0.3, 0.4) is 0 Å². The monoisotopic (exact) mass is 731 g/mol. The molecule has 0 aliphatic carbocycles. The number of likely N-dealkylation sites (tertiary alicyclic amines) is 1. The van der Waals surface area contributed by atoms with Crippen molar-refractivity contribution in [2.24, 2.45) is 5.92 Å². The first-order valence-corrected chi connectivity index (χ1v) is 19.2. The number of halogens is 2. The first-order valence-electron chi connectivity index (χ1n) is 18.2. The van der Waals surface area contributed by atoms with Gasteiger partial charge >= 0.3 is 5.97 Å². The second-order valence-electron chi connectivity index (χ2n) is 14.4. The number of carbonyl (C=O) groups is 2. The van der Waals surface area contributed by atoms with Crippen LogP contribution in [0.2, 0.25) is 0 Å². The second kappa shape index (κ2) is 14.5. The number of fused-ring (bicyclic) bond motifs is 2. The summed E-state index contributed by atoms with van der Waals surface area (Å²) in [6.07, 6.45) is 3.76. The third kappa shape index (κ3) is 6.75. The Balaban J connectivity index is 0.984. The van der Waals surface area contributed by atoms with Gasteiger partial charge in [0.1, 0.15) is 0 Å². The minimum Gasteiger partial charge on any atom is -0.476 e. The van der Waals surface area contributed by atoms with E-state index in [4.69, 9.17) is 10.2 Å². The lowest BCUT2D eigenvalue weighted by Gasteiger charge is -2.38. The van der Waals surface area contributed by atoms with E-state index in [9.17, 15) is 18.4 Å². The van der Waals surface area contributed by atoms with Crippen molar-refractivity contribution in [2.45, 2.75) is 70.9 Å². The highest BCUT2D eigenvalue weighted by Crippen LogP contribution is 2.43. The van der Waals surface area contributed by atoms with Gasteiger partial charge in [-0.3, -0.25) is 9.48 Å². The van der Waals surface area contributed by atoms with E-state index in [0.717, 1.165) is 112 Å². The Bertz CT molecular complexity index is 1920. The molecule has 4 aliphatic rings. The zero-order valence-corrected chi connectivity index (χ0v) is 30.1. The summed E-state index contributed by atoms with van der Waals surface area (Å²) in [7, 11) is 0. The highest BCUT2D eigenvalue weighted by Gasteiger charge is 2.35. The Labute approximate surface area is 305 Å². The number of nitrogens with zero attached hydrogens (tertiary/aromatic N) is 9. The average Bonchev–Trinajstić information content (AvgIpc) is 3.84. The fourth-order valence-electron chi connectivity index (χ4n) is 8.50. The molecule has 4 aromatic rings. The molecular weight excluding hydrogens is 689 g/mol. The molecule has 12 nitrogen and oxygen atoms in total. The summed E-state index contributed by atoms with van der Waals surface area (Å²) in [5.41, 5.74) is 6.67. The van der Waals surface area contributed by atoms with Gasteiger partial charge in [0.05, 0.1) is 23.8 Å². The molecule has 15 heteroatoms. The van der Waals surface area contributed by atoms with Crippen molar-refractivity contribution in [3.05, 3.63) is 63.2 Å². The molecule has 0 spiro atoms. The zero-order valence-electron chi connectivity index (χ0n) is 29.3. The van der Waals surface area contributed by atoms with Gasteiger partial charge in [0, 0.05) is 92.6 Å². The van der Waals surface area contributed by atoms with E-state index in [1.54, 1.807) is 24.6 Å². The molecule has 0 radical (unpaired) electrons. The number of aromatic carboxylic acids is 1. The Morgan fingerprint density at radius 3 is 2.48 bits per heavy atom. The minimum atomic E-state index is -2.64. The summed E-state index contributed by atoms with van der Waals surface area (Å²) in [5.74, 6) is 1.04. The van der Waals surface area contributed by atoms with Gasteiger partial charge in [0.2, 0.25) is 5.91 Å². The average molecular weight is 732 g/mol. The molecule has 7 heterocycles. The van der Waals surface area contributed by atoms with E-state index in [-0.39, 0.29) is 23.2 Å². The molecule has 2 saturated heterocycles. The van der Waals surface area contributed by atoms with Crippen LogP contribution in [0.25, 0.3) is 11.3 Å². The van der Waals surface area contributed by atoms with Crippen LogP contribution < -0.4 is 9.80 Å².